The molecule has 1 unspecified atom stereocenters. The summed E-state index contributed by atoms with van der Waals surface area (Å²) in [6.45, 7) is 8.80. The molecule has 1 fully saturated rings. The van der Waals surface area contributed by atoms with Crippen LogP contribution in [0.2, 0.25) is 0 Å². The van der Waals surface area contributed by atoms with Crippen molar-refractivity contribution in [2.45, 2.75) is 70.6 Å². The highest BCUT2D eigenvalue weighted by Crippen LogP contribution is 2.46. The fraction of sp³-hybridized carbons (Fsp3) is 0.542. The van der Waals surface area contributed by atoms with Gasteiger partial charge in [0, 0.05) is 31.5 Å². The molecule has 0 bridgehead atoms. The third-order valence-corrected chi connectivity index (χ3v) is 6.13. The second-order valence-electron chi connectivity index (χ2n) is 8.94. The predicted molar refractivity (Wildman–Crippen MR) is 113 cm³/mol. The van der Waals surface area contributed by atoms with Crippen LogP contribution < -0.4 is 10.1 Å². The zero-order valence-electron chi connectivity index (χ0n) is 17.7. The number of nitrogens with zero attached hydrogens (tertiary/aromatic N) is 1. The number of rotatable bonds is 5. The summed E-state index contributed by atoms with van der Waals surface area (Å²) in [6, 6.07) is 12.5. The number of hydrogen-bond donors (Lipinski definition) is 1. The number of aryl methyl sites for hydroxylation is 1. The summed E-state index contributed by atoms with van der Waals surface area (Å²) in [6.07, 6.45) is 3.38. The lowest BCUT2D eigenvalue weighted by Gasteiger charge is -2.46. The maximum absolute atomic E-state index is 12.5. The van der Waals surface area contributed by atoms with Gasteiger partial charge in [0.15, 0.2) is 0 Å². The average Bonchev–Trinajstić information content (AvgIpc) is 3.08. The third-order valence-electron chi connectivity index (χ3n) is 6.13. The van der Waals surface area contributed by atoms with Crippen LogP contribution in [0.4, 0.5) is 0 Å². The van der Waals surface area contributed by atoms with Crippen molar-refractivity contribution in [1.82, 2.24) is 10.2 Å². The van der Waals surface area contributed by atoms with E-state index >= 15 is 0 Å². The smallest absolute Gasteiger partial charge is 0.220 e. The molecule has 1 N–H and O–H groups in total. The normalized spacial score (nSPS) is 21.0. The number of ether oxygens (including phenoxy) is 1. The zero-order chi connectivity index (χ0) is 20.4. The summed E-state index contributed by atoms with van der Waals surface area (Å²) in [5, 5.41) is 3.05. The molecule has 1 saturated heterocycles. The number of fused-ring (bicyclic) bond motifs is 1. The Morgan fingerprint density at radius 1 is 1.21 bits per heavy atom. The van der Waals surface area contributed by atoms with E-state index in [-0.39, 0.29) is 23.5 Å². The highest BCUT2D eigenvalue weighted by molar-refractivity contribution is 5.77. The molecule has 1 spiro atoms. The van der Waals surface area contributed by atoms with Crippen LogP contribution in [0.5, 0.6) is 5.75 Å². The first-order valence-corrected chi connectivity index (χ1v) is 10.8. The van der Waals surface area contributed by atoms with Crippen LogP contribution in [0.15, 0.2) is 40.8 Å². The molecule has 2 aliphatic rings. The second-order valence-corrected chi connectivity index (χ2v) is 8.94. The van der Waals surface area contributed by atoms with Crippen molar-refractivity contribution in [2.75, 3.05) is 13.1 Å². The van der Waals surface area contributed by atoms with Crippen LogP contribution in [0.25, 0.3) is 0 Å². The summed E-state index contributed by atoms with van der Waals surface area (Å²) in [7, 11) is 0. The van der Waals surface area contributed by atoms with Crippen molar-refractivity contribution in [2.24, 2.45) is 0 Å². The number of nitrogens with one attached hydrogen (secondary N) is 1. The van der Waals surface area contributed by atoms with Gasteiger partial charge in [0.1, 0.15) is 22.9 Å². The number of carbonyl (C=O) groups excluding carboxylic acids is 1. The minimum absolute atomic E-state index is 0.127. The Kier molecular flexibility index (Phi) is 5.68. The minimum Gasteiger partial charge on any atom is -0.487 e. The van der Waals surface area contributed by atoms with Crippen molar-refractivity contribution in [3.05, 3.63) is 53.5 Å². The first-order valence-electron chi connectivity index (χ1n) is 10.8. The maximum Gasteiger partial charge on any atom is 0.220 e. The fourth-order valence-electron chi connectivity index (χ4n) is 4.75. The topological polar surface area (TPSA) is 54.7 Å². The number of piperidine rings is 1. The number of likely N-dealkylation sites (tertiary alicyclic amines) is 1. The van der Waals surface area contributed by atoms with E-state index in [4.69, 9.17) is 9.15 Å². The van der Waals surface area contributed by atoms with Crippen LogP contribution in [0.3, 0.4) is 0 Å². The lowest BCUT2D eigenvalue weighted by atomic mass is 9.76. The number of furan rings is 1. The summed E-state index contributed by atoms with van der Waals surface area (Å²) in [5.74, 6) is 3.27. The molecule has 1 aromatic carbocycles. The molecule has 1 atom stereocenters. The fourth-order valence-corrected chi connectivity index (χ4v) is 4.75. The van der Waals surface area contributed by atoms with E-state index < -0.39 is 0 Å². The molecule has 3 heterocycles. The Balaban J connectivity index is 1.45. The quantitative estimate of drug-likeness (QED) is 0.814. The summed E-state index contributed by atoms with van der Waals surface area (Å²) < 4.78 is 12.3. The van der Waals surface area contributed by atoms with Gasteiger partial charge in [-0.3, -0.25) is 9.69 Å². The molecule has 1 aromatic heterocycles. The van der Waals surface area contributed by atoms with E-state index in [1.54, 1.807) is 0 Å². The molecule has 5 heteroatoms. The van der Waals surface area contributed by atoms with Gasteiger partial charge in [0.05, 0.1) is 6.54 Å². The molecule has 156 valence electrons. The molecule has 0 radical (unpaired) electrons. The summed E-state index contributed by atoms with van der Waals surface area (Å²) in [4.78, 5) is 14.9. The molecule has 5 nitrogen and oxygen atoms in total. The van der Waals surface area contributed by atoms with Crippen molar-refractivity contribution in [3.8, 4) is 5.75 Å². The lowest BCUT2D eigenvalue weighted by Crippen LogP contribution is -2.50. The average molecular weight is 397 g/mol. The van der Waals surface area contributed by atoms with Gasteiger partial charge in [-0.15, -0.1) is 0 Å². The maximum atomic E-state index is 12.5. The van der Waals surface area contributed by atoms with Gasteiger partial charge in [-0.1, -0.05) is 18.2 Å². The van der Waals surface area contributed by atoms with Gasteiger partial charge in [0.25, 0.3) is 0 Å². The van der Waals surface area contributed by atoms with Crippen molar-refractivity contribution < 1.29 is 13.9 Å². The molecular weight excluding hydrogens is 364 g/mol. The highest BCUT2D eigenvalue weighted by atomic mass is 16.5. The monoisotopic (exact) mass is 396 g/mol. The number of hydrogen-bond acceptors (Lipinski definition) is 4. The molecule has 29 heavy (non-hydrogen) atoms. The molecule has 2 aromatic rings. The number of benzene rings is 1. The molecule has 0 saturated carbocycles. The van der Waals surface area contributed by atoms with Crippen LogP contribution >= 0.6 is 0 Å². The Hall–Kier alpha value is -2.27. The van der Waals surface area contributed by atoms with Gasteiger partial charge in [0.2, 0.25) is 5.91 Å². The van der Waals surface area contributed by atoms with Gasteiger partial charge >= 0.3 is 0 Å². The first kappa shape index (κ1) is 20.0. The SMILES string of the molecule is Cc1ccc(CN2CCC3(CC2)CC(CC(=O)NC(C)C)c2ccccc2O3)o1. The Labute approximate surface area is 173 Å². The van der Waals surface area contributed by atoms with Gasteiger partial charge < -0.3 is 14.5 Å². The van der Waals surface area contributed by atoms with E-state index in [0.717, 1.165) is 56.2 Å². The molecule has 2 aliphatic heterocycles. The molecule has 1 amide bonds. The van der Waals surface area contributed by atoms with Crippen LogP contribution in [0.1, 0.15) is 62.5 Å². The third kappa shape index (κ3) is 4.67. The van der Waals surface area contributed by atoms with Gasteiger partial charge in [-0.2, -0.15) is 0 Å². The number of para-hydroxylation sites is 1. The summed E-state index contributed by atoms with van der Waals surface area (Å²) >= 11 is 0. The lowest BCUT2D eigenvalue weighted by molar-refractivity contribution is -0.122. The van der Waals surface area contributed by atoms with Crippen LogP contribution in [-0.2, 0) is 11.3 Å². The largest absolute Gasteiger partial charge is 0.487 e. The van der Waals surface area contributed by atoms with Crippen LogP contribution in [-0.4, -0.2) is 35.5 Å². The second kappa shape index (κ2) is 8.23. The van der Waals surface area contributed by atoms with Crippen molar-refractivity contribution in [1.29, 1.82) is 0 Å². The van der Waals surface area contributed by atoms with E-state index in [1.165, 1.54) is 5.56 Å². The number of amides is 1. The molecular formula is C24H32N2O3. The van der Waals surface area contributed by atoms with Crippen LogP contribution in [0, 0.1) is 6.92 Å². The molecule has 4 rings (SSSR count). The Bertz CT molecular complexity index is 849. The van der Waals surface area contributed by atoms with Gasteiger partial charge in [-0.05, 0) is 63.8 Å². The van der Waals surface area contributed by atoms with E-state index in [0.29, 0.717) is 6.42 Å². The van der Waals surface area contributed by atoms with Crippen molar-refractivity contribution >= 4 is 5.91 Å². The summed E-state index contributed by atoms with van der Waals surface area (Å²) in [5.41, 5.74) is 0.998. The Morgan fingerprint density at radius 2 is 1.97 bits per heavy atom. The minimum atomic E-state index is -0.174. The van der Waals surface area contributed by atoms with Gasteiger partial charge in [-0.25, -0.2) is 0 Å². The first-order chi connectivity index (χ1) is 13.9. The van der Waals surface area contributed by atoms with E-state index in [2.05, 4.69) is 28.4 Å². The van der Waals surface area contributed by atoms with Crippen molar-refractivity contribution in [3.63, 3.8) is 0 Å². The standard InChI is InChI=1S/C24H32N2O3/c1-17(2)25-23(27)14-19-15-24(29-22-7-5-4-6-21(19)22)10-12-26(13-11-24)16-20-9-8-18(3)28-20/h4-9,17,19H,10-16H2,1-3H3,(H,25,27). The predicted octanol–water partition coefficient (Wildman–Crippen LogP) is 4.40. The number of carbonyl (C=O) groups is 1. The van der Waals surface area contributed by atoms with E-state index in [9.17, 15) is 4.79 Å². The zero-order valence-corrected chi connectivity index (χ0v) is 17.7. The Morgan fingerprint density at radius 3 is 2.66 bits per heavy atom. The van der Waals surface area contributed by atoms with E-state index in [1.807, 2.05) is 39.0 Å². The highest BCUT2D eigenvalue weighted by Gasteiger charge is 2.43. The molecule has 0 aliphatic carbocycles.